The van der Waals surface area contributed by atoms with Crippen molar-refractivity contribution in [1.82, 2.24) is 4.90 Å². The molecule has 0 aromatic heterocycles. The van der Waals surface area contributed by atoms with Crippen molar-refractivity contribution in [3.63, 3.8) is 0 Å². The van der Waals surface area contributed by atoms with Gasteiger partial charge in [-0.3, -0.25) is 4.90 Å². The highest BCUT2D eigenvalue weighted by molar-refractivity contribution is 5.99. The molecule has 1 aliphatic rings. The quantitative estimate of drug-likeness (QED) is 0.601. The van der Waals surface area contributed by atoms with E-state index in [4.69, 9.17) is 14.2 Å². The lowest BCUT2D eigenvalue weighted by Gasteiger charge is -2.32. The number of benzene rings is 1. The van der Waals surface area contributed by atoms with Crippen LogP contribution < -0.4 is 4.74 Å². The predicted molar refractivity (Wildman–Crippen MR) is 79.5 cm³/mol. The van der Waals surface area contributed by atoms with Gasteiger partial charge in [0.25, 0.3) is 0 Å². The molecule has 0 saturated carbocycles. The van der Waals surface area contributed by atoms with Gasteiger partial charge in [0.2, 0.25) is 6.04 Å². The molecule has 0 amide bonds. The number of rotatable bonds is 5. The van der Waals surface area contributed by atoms with Gasteiger partial charge in [-0.25, -0.2) is 9.59 Å². The van der Waals surface area contributed by atoms with E-state index in [1.165, 1.54) is 12.7 Å². The molecule has 6 nitrogen and oxygen atoms in total. The molecule has 2 rings (SSSR count). The molecule has 0 aliphatic carbocycles. The maximum absolute atomic E-state index is 12.1. The Morgan fingerprint density at radius 3 is 2.64 bits per heavy atom. The van der Waals surface area contributed by atoms with Crippen LogP contribution in [0.5, 0.6) is 5.75 Å². The van der Waals surface area contributed by atoms with E-state index in [9.17, 15) is 9.59 Å². The smallest absolute Gasteiger partial charge is 0.335 e. The van der Waals surface area contributed by atoms with Crippen LogP contribution in [0.4, 0.5) is 0 Å². The van der Waals surface area contributed by atoms with Gasteiger partial charge in [-0.1, -0.05) is 6.07 Å². The summed E-state index contributed by atoms with van der Waals surface area (Å²) in [4.78, 5) is 25.8. The number of carbonyl (C=O) groups excluding carboxylic acids is 2. The van der Waals surface area contributed by atoms with Gasteiger partial charge in [-0.2, -0.15) is 0 Å². The summed E-state index contributed by atoms with van der Waals surface area (Å²) in [7, 11) is 2.88. The van der Waals surface area contributed by atoms with E-state index >= 15 is 0 Å². The summed E-state index contributed by atoms with van der Waals surface area (Å²) in [5.74, 6) is -0.406. The highest BCUT2D eigenvalue weighted by Gasteiger charge is 2.36. The molecule has 1 aromatic carbocycles. The Hall–Kier alpha value is -2.08. The predicted octanol–water partition coefficient (Wildman–Crippen LogP) is 1.16. The molecular weight excluding hydrogens is 286 g/mol. The summed E-state index contributed by atoms with van der Waals surface area (Å²) in [5.41, 5.74) is 2.24. The summed E-state index contributed by atoms with van der Waals surface area (Å²) < 4.78 is 15.0. The SMILES string of the molecule is CCOC(=O)C(C(=O)OC)N1CCc2ccc(OC)cc2C1. The zero-order valence-corrected chi connectivity index (χ0v) is 13.1. The zero-order chi connectivity index (χ0) is 16.1. The molecule has 0 spiro atoms. The fourth-order valence-corrected chi connectivity index (χ4v) is 2.63. The Morgan fingerprint density at radius 1 is 1.23 bits per heavy atom. The standard InChI is InChI=1S/C16H21NO5/c1-4-22-16(19)14(15(18)21-3)17-8-7-11-5-6-13(20-2)9-12(11)10-17/h5-6,9,14H,4,7-8,10H2,1-3H3. The second-order valence-electron chi connectivity index (χ2n) is 5.03. The van der Waals surface area contributed by atoms with Gasteiger partial charge >= 0.3 is 11.9 Å². The number of esters is 2. The molecular formula is C16H21NO5. The van der Waals surface area contributed by atoms with Crippen LogP contribution in [0.2, 0.25) is 0 Å². The first-order valence-electron chi connectivity index (χ1n) is 7.25. The fraction of sp³-hybridized carbons (Fsp3) is 0.500. The summed E-state index contributed by atoms with van der Waals surface area (Å²) in [5, 5.41) is 0. The van der Waals surface area contributed by atoms with Gasteiger partial charge in [0.1, 0.15) is 5.75 Å². The van der Waals surface area contributed by atoms with Crippen LogP contribution in [0.3, 0.4) is 0 Å². The number of carbonyl (C=O) groups is 2. The lowest BCUT2D eigenvalue weighted by atomic mass is 9.98. The second-order valence-corrected chi connectivity index (χ2v) is 5.03. The molecule has 120 valence electrons. The highest BCUT2D eigenvalue weighted by atomic mass is 16.6. The third-order valence-corrected chi connectivity index (χ3v) is 3.75. The molecule has 1 unspecified atom stereocenters. The minimum atomic E-state index is -1.02. The van der Waals surface area contributed by atoms with E-state index < -0.39 is 18.0 Å². The third kappa shape index (κ3) is 3.39. The van der Waals surface area contributed by atoms with Crippen molar-refractivity contribution in [2.45, 2.75) is 25.9 Å². The Kier molecular flexibility index (Phi) is 5.38. The molecule has 0 bridgehead atoms. The van der Waals surface area contributed by atoms with Gasteiger partial charge in [0.05, 0.1) is 20.8 Å². The lowest BCUT2D eigenvalue weighted by molar-refractivity contribution is -0.162. The van der Waals surface area contributed by atoms with E-state index in [2.05, 4.69) is 0 Å². The molecule has 0 radical (unpaired) electrons. The Labute approximate surface area is 129 Å². The van der Waals surface area contributed by atoms with Gasteiger partial charge < -0.3 is 14.2 Å². The first-order valence-corrected chi connectivity index (χ1v) is 7.25. The highest BCUT2D eigenvalue weighted by Crippen LogP contribution is 2.25. The maximum atomic E-state index is 12.1. The number of nitrogens with zero attached hydrogens (tertiary/aromatic N) is 1. The molecule has 1 aromatic rings. The monoisotopic (exact) mass is 307 g/mol. The molecule has 1 heterocycles. The summed E-state index contributed by atoms with van der Waals surface area (Å²) in [6, 6.07) is 4.84. The summed E-state index contributed by atoms with van der Waals surface area (Å²) in [6.45, 7) is 3.01. The van der Waals surface area contributed by atoms with Crippen LogP contribution in [-0.4, -0.2) is 50.3 Å². The molecule has 0 saturated heterocycles. The molecule has 1 aliphatic heterocycles. The molecule has 22 heavy (non-hydrogen) atoms. The minimum Gasteiger partial charge on any atom is -0.497 e. The minimum absolute atomic E-state index is 0.227. The average molecular weight is 307 g/mol. The normalized spacial score (nSPS) is 15.6. The number of hydrogen-bond donors (Lipinski definition) is 0. The van der Waals surface area contributed by atoms with Gasteiger partial charge in [-0.05, 0) is 36.6 Å². The van der Waals surface area contributed by atoms with Crippen molar-refractivity contribution in [3.8, 4) is 5.75 Å². The number of hydrogen-bond acceptors (Lipinski definition) is 6. The van der Waals surface area contributed by atoms with Crippen LogP contribution in [0, 0.1) is 0 Å². The van der Waals surface area contributed by atoms with Crippen molar-refractivity contribution >= 4 is 11.9 Å². The van der Waals surface area contributed by atoms with Crippen LogP contribution in [-0.2, 0) is 32.0 Å². The van der Waals surface area contributed by atoms with Gasteiger partial charge in [-0.15, -0.1) is 0 Å². The number of fused-ring (bicyclic) bond motifs is 1. The average Bonchev–Trinajstić information content (AvgIpc) is 2.54. The van der Waals surface area contributed by atoms with Gasteiger partial charge in [0, 0.05) is 13.1 Å². The van der Waals surface area contributed by atoms with Gasteiger partial charge in [0.15, 0.2) is 0 Å². The number of ether oxygens (including phenoxy) is 3. The van der Waals surface area contributed by atoms with E-state index in [0.29, 0.717) is 13.1 Å². The maximum Gasteiger partial charge on any atom is 0.335 e. The first-order chi connectivity index (χ1) is 10.6. The third-order valence-electron chi connectivity index (χ3n) is 3.75. The second kappa shape index (κ2) is 7.26. The van der Waals surface area contributed by atoms with Crippen LogP contribution in [0.15, 0.2) is 18.2 Å². The lowest BCUT2D eigenvalue weighted by Crippen LogP contribution is -2.50. The molecule has 6 heteroatoms. The van der Waals surface area contributed by atoms with Crippen molar-refractivity contribution in [3.05, 3.63) is 29.3 Å². The van der Waals surface area contributed by atoms with Crippen molar-refractivity contribution < 1.29 is 23.8 Å². The van der Waals surface area contributed by atoms with Crippen LogP contribution in [0.25, 0.3) is 0 Å². The van der Waals surface area contributed by atoms with Crippen LogP contribution in [0.1, 0.15) is 18.1 Å². The van der Waals surface area contributed by atoms with E-state index in [0.717, 1.165) is 17.7 Å². The van der Waals surface area contributed by atoms with Crippen molar-refractivity contribution in [2.24, 2.45) is 0 Å². The fourth-order valence-electron chi connectivity index (χ4n) is 2.63. The Balaban J connectivity index is 2.23. The summed E-state index contributed by atoms with van der Waals surface area (Å²) in [6.07, 6.45) is 0.756. The van der Waals surface area contributed by atoms with E-state index in [-0.39, 0.29) is 6.61 Å². The van der Waals surface area contributed by atoms with Crippen LogP contribution >= 0.6 is 0 Å². The van der Waals surface area contributed by atoms with Crippen molar-refractivity contribution in [1.29, 1.82) is 0 Å². The topological polar surface area (TPSA) is 65.1 Å². The Bertz CT molecular complexity index is 557. The Morgan fingerprint density at radius 2 is 2.00 bits per heavy atom. The zero-order valence-electron chi connectivity index (χ0n) is 13.1. The van der Waals surface area contributed by atoms with E-state index in [1.807, 2.05) is 18.2 Å². The molecule has 0 N–H and O–H groups in total. The molecule has 0 fully saturated rings. The molecule has 1 atom stereocenters. The van der Waals surface area contributed by atoms with Crippen molar-refractivity contribution in [2.75, 3.05) is 27.4 Å². The summed E-state index contributed by atoms with van der Waals surface area (Å²) >= 11 is 0. The largest absolute Gasteiger partial charge is 0.497 e. The first kappa shape index (κ1) is 16.3. The van der Waals surface area contributed by atoms with E-state index in [1.54, 1.807) is 18.9 Å². The number of methoxy groups -OCH3 is 2.